The molecule has 3 rings (SSSR count). The molecule has 132 valence electrons. The highest BCUT2D eigenvalue weighted by atomic mass is 19.4. The molecule has 25 heavy (non-hydrogen) atoms. The fourth-order valence-electron chi connectivity index (χ4n) is 2.66. The molecule has 0 radical (unpaired) electrons. The van der Waals surface area contributed by atoms with Crippen molar-refractivity contribution in [3.8, 4) is 0 Å². The molecule has 0 aliphatic carbocycles. The van der Waals surface area contributed by atoms with Gasteiger partial charge in [-0.1, -0.05) is 17.3 Å². The lowest BCUT2D eigenvalue weighted by Gasteiger charge is -2.16. The zero-order valence-electron chi connectivity index (χ0n) is 13.1. The maximum Gasteiger partial charge on any atom is 0.418 e. The van der Waals surface area contributed by atoms with Crippen LogP contribution in [0.25, 0.3) is 0 Å². The number of nitrogens with zero attached hydrogens (tertiary/aromatic N) is 2. The van der Waals surface area contributed by atoms with Gasteiger partial charge in [-0.3, -0.25) is 14.5 Å². The second-order valence-electron chi connectivity index (χ2n) is 5.73. The van der Waals surface area contributed by atoms with Gasteiger partial charge in [0.2, 0.25) is 11.8 Å². The molecule has 2 amide bonds. The van der Waals surface area contributed by atoms with E-state index in [1.807, 2.05) is 0 Å². The summed E-state index contributed by atoms with van der Waals surface area (Å²) < 4.78 is 43.9. The van der Waals surface area contributed by atoms with Gasteiger partial charge in [0.05, 0.1) is 17.2 Å². The lowest BCUT2D eigenvalue weighted by atomic mass is 10.1. The average molecular weight is 353 g/mol. The van der Waals surface area contributed by atoms with Gasteiger partial charge in [0, 0.05) is 19.0 Å². The lowest BCUT2D eigenvalue weighted by Crippen LogP contribution is -2.28. The Kier molecular flexibility index (Phi) is 4.23. The molecule has 2 aromatic rings. The summed E-state index contributed by atoms with van der Waals surface area (Å²) in [7, 11) is 0. The lowest BCUT2D eigenvalue weighted by molar-refractivity contribution is -0.137. The van der Waals surface area contributed by atoms with Crippen LogP contribution in [-0.4, -0.2) is 23.5 Å². The number of hydrogen-bond donors (Lipinski definition) is 1. The number of rotatable bonds is 3. The summed E-state index contributed by atoms with van der Waals surface area (Å²) in [5, 5.41) is 6.00. The summed E-state index contributed by atoms with van der Waals surface area (Å²) in [5.74, 6) is -0.959. The molecule has 6 nitrogen and oxygen atoms in total. The van der Waals surface area contributed by atoms with E-state index < -0.39 is 23.6 Å². The SMILES string of the molecule is Cc1cc(N2CC(C(=O)Nc3ccccc3C(F)(F)F)CC2=O)no1. The molecule has 2 heterocycles. The second-order valence-corrected chi connectivity index (χ2v) is 5.73. The van der Waals surface area contributed by atoms with Gasteiger partial charge < -0.3 is 9.84 Å². The molecule has 0 saturated carbocycles. The summed E-state index contributed by atoms with van der Waals surface area (Å²) in [6.45, 7) is 1.69. The molecule has 1 aromatic carbocycles. The molecule has 1 fully saturated rings. The minimum absolute atomic E-state index is 0.0326. The number of nitrogens with one attached hydrogen (secondary N) is 1. The zero-order valence-corrected chi connectivity index (χ0v) is 13.1. The molecule has 1 aliphatic heterocycles. The van der Waals surface area contributed by atoms with Crippen LogP contribution in [0.2, 0.25) is 0 Å². The summed E-state index contributed by atoms with van der Waals surface area (Å²) in [5.41, 5.74) is -1.26. The van der Waals surface area contributed by atoms with Crippen LogP contribution in [0.15, 0.2) is 34.9 Å². The van der Waals surface area contributed by atoms with Crippen molar-refractivity contribution >= 4 is 23.3 Å². The number of benzene rings is 1. The van der Waals surface area contributed by atoms with Crippen molar-refractivity contribution in [2.45, 2.75) is 19.5 Å². The topological polar surface area (TPSA) is 75.4 Å². The molecule has 1 atom stereocenters. The largest absolute Gasteiger partial charge is 0.418 e. The van der Waals surface area contributed by atoms with Crippen LogP contribution in [0.4, 0.5) is 24.7 Å². The molecular weight excluding hydrogens is 339 g/mol. The van der Waals surface area contributed by atoms with Crippen LogP contribution in [0.5, 0.6) is 0 Å². The quantitative estimate of drug-likeness (QED) is 0.920. The maximum absolute atomic E-state index is 13.0. The first kappa shape index (κ1) is 17.0. The Morgan fingerprint density at radius 1 is 1.36 bits per heavy atom. The summed E-state index contributed by atoms with van der Waals surface area (Å²) >= 11 is 0. The monoisotopic (exact) mass is 353 g/mol. The van der Waals surface area contributed by atoms with Gasteiger partial charge >= 0.3 is 6.18 Å². The molecule has 1 aliphatic rings. The van der Waals surface area contributed by atoms with E-state index in [2.05, 4.69) is 10.5 Å². The second kappa shape index (κ2) is 6.23. The number of aryl methyl sites for hydroxylation is 1. The highest BCUT2D eigenvalue weighted by molar-refractivity contribution is 6.03. The van der Waals surface area contributed by atoms with Gasteiger partial charge in [-0.05, 0) is 19.1 Å². The Labute approximate surface area is 140 Å². The van der Waals surface area contributed by atoms with E-state index in [1.165, 1.54) is 23.1 Å². The van der Waals surface area contributed by atoms with E-state index in [0.717, 1.165) is 6.07 Å². The Morgan fingerprint density at radius 3 is 2.72 bits per heavy atom. The van der Waals surface area contributed by atoms with Crippen molar-refractivity contribution in [3.63, 3.8) is 0 Å². The minimum atomic E-state index is -4.58. The molecule has 1 unspecified atom stereocenters. The number of amides is 2. The number of para-hydroxylation sites is 1. The van der Waals surface area contributed by atoms with Crippen LogP contribution in [-0.2, 0) is 15.8 Å². The molecular formula is C16H14F3N3O3. The molecule has 1 saturated heterocycles. The third kappa shape index (κ3) is 3.49. The van der Waals surface area contributed by atoms with Gasteiger partial charge in [0.25, 0.3) is 0 Å². The normalized spacial score (nSPS) is 17.8. The Hall–Kier alpha value is -2.84. The van der Waals surface area contributed by atoms with Gasteiger partial charge in [-0.15, -0.1) is 0 Å². The number of carbonyl (C=O) groups excluding carboxylic acids is 2. The zero-order chi connectivity index (χ0) is 18.2. The maximum atomic E-state index is 13.0. The van der Waals surface area contributed by atoms with Crippen LogP contribution in [0.3, 0.4) is 0 Å². The van der Waals surface area contributed by atoms with Crippen molar-refractivity contribution in [2.24, 2.45) is 5.92 Å². The van der Waals surface area contributed by atoms with Gasteiger partial charge in [-0.25, -0.2) is 0 Å². The standard InChI is InChI=1S/C16H14F3N3O3/c1-9-6-13(21-25-9)22-8-10(7-14(22)23)15(24)20-12-5-3-2-4-11(12)16(17,18)19/h2-6,10H,7-8H2,1H3,(H,20,24). The Balaban J connectivity index is 1.74. The highest BCUT2D eigenvalue weighted by Gasteiger charge is 2.38. The number of hydrogen-bond acceptors (Lipinski definition) is 4. The van der Waals surface area contributed by atoms with E-state index in [-0.39, 0.29) is 30.4 Å². The van der Waals surface area contributed by atoms with Crippen molar-refractivity contribution in [2.75, 3.05) is 16.8 Å². The number of alkyl halides is 3. The first-order valence-electron chi connectivity index (χ1n) is 7.46. The predicted molar refractivity (Wildman–Crippen MR) is 81.8 cm³/mol. The van der Waals surface area contributed by atoms with E-state index >= 15 is 0 Å². The Bertz CT molecular complexity index is 816. The first-order chi connectivity index (χ1) is 11.8. The number of aromatic nitrogens is 1. The van der Waals surface area contributed by atoms with E-state index in [9.17, 15) is 22.8 Å². The predicted octanol–water partition coefficient (Wildman–Crippen LogP) is 2.99. The van der Waals surface area contributed by atoms with Crippen LogP contribution in [0.1, 0.15) is 17.7 Å². The van der Waals surface area contributed by atoms with Crippen LogP contribution < -0.4 is 10.2 Å². The molecule has 0 bridgehead atoms. The first-order valence-corrected chi connectivity index (χ1v) is 7.46. The van der Waals surface area contributed by atoms with Gasteiger partial charge in [0.15, 0.2) is 5.82 Å². The molecule has 1 aromatic heterocycles. The third-order valence-corrected chi connectivity index (χ3v) is 3.88. The summed E-state index contributed by atoms with van der Waals surface area (Å²) in [6, 6.07) is 6.26. The van der Waals surface area contributed by atoms with Crippen LogP contribution >= 0.6 is 0 Å². The number of carbonyl (C=O) groups is 2. The molecule has 9 heteroatoms. The van der Waals surface area contributed by atoms with E-state index in [4.69, 9.17) is 4.52 Å². The van der Waals surface area contributed by atoms with Crippen molar-refractivity contribution in [1.29, 1.82) is 0 Å². The van der Waals surface area contributed by atoms with Crippen molar-refractivity contribution in [3.05, 3.63) is 41.7 Å². The summed E-state index contributed by atoms with van der Waals surface area (Å²) in [4.78, 5) is 25.7. The van der Waals surface area contributed by atoms with E-state index in [0.29, 0.717) is 5.76 Å². The number of anilines is 2. The molecule has 0 spiro atoms. The van der Waals surface area contributed by atoms with Gasteiger partial charge in [-0.2, -0.15) is 13.2 Å². The fraction of sp³-hybridized carbons (Fsp3) is 0.312. The van der Waals surface area contributed by atoms with Crippen molar-refractivity contribution in [1.82, 2.24) is 5.16 Å². The third-order valence-electron chi connectivity index (χ3n) is 3.88. The van der Waals surface area contributed by atoms with Gasteiger partial charge in [0.1, 0.15) is 5.76 Å². The van der Waals surface area contributed by atoms with E-state index in [1.54, 1.807) is 13.0 Å². The average Bonchev–Trinajstić information content (AvgIpc) is 3.12. The van der Waals surface area contributed by atoms with Crippen LogP contribution in [0, 0.1) is 12.8 Å². The Morgan fingerprint density at radius 2 is 2.08 bits per heavy atom. The minimum Gasteiger partial charge on any atom is -0.360 e. The smallest absolute Gasteiger partial charge is 0.360 e. The highest BCUT2D eigenvalue weighted by Crippen LogP contribution is 2.35. The number of halogens is 3. The molecule has 1 N–H and O–H groups in total. The fourth-order valence-corrected chi connectivity index (χ4v) is 2.66. The van der Waals surface area contributed by atoms with Crippen molar-refractivity contribution < 1.29 is 27.3 Å². The summed E-state index contributed by atoms with van der Waals surface area (Å²) in [6.07, 6.45) is -4.69.